The van der Waals surface area contributed by atoms with E-state index in [2.05, 4.69) is 31.0 Å². The zero-order valence-corrected chi connectivity index (χ0v) is 21.6. The Balaban J connectivity index is 1.33. The molecule has 0 atom stereocenters. The number of benzene rings is 1. The molecule has 4 aromatic rings. The van der Waals surface area contributed by atoms with Gasteiger partial charge in [0.2, 0.25) is 0 Å². The number of likely N-dealkylation sites (tertiary alicyclic amines) is 1. The third kappa shape index (κ3) is 4.84. The van der Waals surface area contributed by atoms with Gasteiger partial charge in [0.25, 0.3) is 5.91 Å². The summed E-state index contributed by atoms with van der Waals surface area (Å²) in [4.78, 5) is 23.0. The van der Waals surface area contributed by atoms with Gasteiger partial charge in [-0.05, 0) is 59.1 Å². The van der Waals surface area contributed by atoms with Crippen molar-refractivity contribution in [3.05, 3.63) is 59.1 Å². The van der Waals surface area contributed by atoms with Crippen LogP contribution in [-0.2, 0) is 9.84 Å². The summed E-state index contributed by atoms with van der Waals surface area (Å²) in [6.07, 6.45) is 5.56. The number of halogens is 2. The van der Waals surface area contributed by atoms with Crippen molar-refractivity contribution in [2.75, 3.05) is 19.3 Å². The zero-order chi connectivity index (χ0) is 24.7. The lowest BCUT2D eigenvalue weighted by Gasteiger charge is -2.30. The van der Waals surface area contributed by atoms with Crippen LogP contribution in [0.15, 0.2) is 61.9 Å². The number of rotatable bonds is 5. The van der Waals surface area contributed by atoms with E-state index in [9.17, 15) is 17.6 Å². The predicted molar refractivity (Wildman–Crippen MR) is 131 cm³/mol. The molecule has 13 heteroatoms. The van der Waals surface area contributed by atoms with Gasteiger partial charge < -0.3 is 9.32 Å². The zero-order valence-electron chi connectivity index (χ0n) is 18.4. The van der Waals surface area contributed by atoms with Gasteiger partial charge in [-0.3, -0.25) is 4.79 Å². The molecule has 1 aromatic carbocycles. The molecule has 1 aliphatic rings. The van der Waals surface area contributed by atoms with E-state index in [1.807, 2.05) is 0 Å². The van der Waals surface area contributed by atoms with Crippen molar-refractivity contribution < 1.29 is 22.0 Å². The van der Waals surface area contributed by atoms with Gasteiger partial charge in [0.1, 0.15) is 22.9 Å². The molecule has 0 radical (unpaired) electrons. The van der Waals surface area contributed by atoms with Crippen LogP contribution in [0.2, 0.25) is 0 Å². The Bertz CT molecular complexity index is 1530. The molecule has 1 saturated heterocycles. The van der Waals surface area contributed by atoms with Crippen molar-refractivity contribution >= 4 is 54.5 Å². The van der Waals surface area contributed by atoms with Gasteiger partial charge >= 0.3 is 0 Å². The first-order valence-corrected chi connectivity index (χ1v) is 14.2. The molecule has 0 bridgehead atoms. The maximum Gasteiger partial charge on any atom is 0.289 e. The highest BCUT2D eigenvalue weighted by Crippen LogP contribution is 2.34. The van der Waals surface area contributed by atoms with Gasteiger partial charge in [0.05, 0.1) is 16.5 Å². The summed E-state index contributed by atoms with van der Waals surface area (Å²) in [5.41, 5.74) is 0.517. The van der Waals surface area contributed by atoms with Crippen molar-refractivity contribution in [3.63, 3.8) is 0 Å². The van der Waals surface area contributed by atoms with E-state index in [-0.39, 0.29) is 21.7 Å². The molecule has 3 aromatic heterocycles. The summed E-state index contributed by atoms with van der Waals surface area (Å²) < 4.78 is 45.4. The molecule has 0 unspecified atom stereocenters. The summed E-state index contributed by atoms with van der Waals surface area (Å²) in [7, 11) is -3.53. The van der Waals surface area contributed by atoms with Gasteiger partial charge in [-0.2, -0.15) is 5.10 Å². The highest BCUT2D eigenvalue weighted by molar-refractivity contribution is 9.10. The van der Waals surface area contributed by atoms with E-state index in [0.717, 1.165) is 25.2 Å². The number of hydrogen-bond acceptors (Lipinski definition) is 8. The highest BCUT2D eigenvalue weighted by atomic mass is 79.9. The number of thioether (sulfide) groups is 1. The summed E-state index contributed by atoms with van der Waals surface area (Å²) in [5.74, 6) is -0.537. The number of furan rings is 1. The van der Waals surface area contributed by atoms with Gasteiger partial charge in [-0.15, -0.1) is 11.8 Å². The quantitative estimate of drug-likeness (QED) is 0.325. The number of nitrogens with zero attached hydrogens (tertiary/aromatic N) is 5. The summed E-state index contributed by atoms with van der Waals surface area (Å²) in [5, 5.41) is 5.90. The highest BCUT2D eigenvalue weighted by Gasteiger charge is 2.27. The first-order chi connectivity index (χ1) is 16.7. The lowest BCUT2D eigenvalue weighted by atomic mass is 10.1. The van der Waals surface area contributed by atoms with Crippen LogP contribution in [0.25, 0.3) is 16.7 Å². The maximum absolute atomic E-state index is 14.8. The molecule has 5 rings (SSSR count). The molecular formula is C22H19BrFN5O4S2. The second-order valence-corrected chi connectivity index (χ2v) is 12.2. The summed E-state index contributed by atoms with van der Waals surface area (Å²) >= 11 is 4.80. The molecule has 1 fully saturated rings. The Labute approximate surface area is 212 Å². The van der Waals surface area contributed by atoms with Crippen molar-refractivity contribution in [2.24, 2.45) is 0 Å². The molecule has 1 aliphatic heterocycles. The van der Waals surface area contributed by atoms with Crippen LogP contribution < -0.4 is 0 Å². The number of hydrogen-bond donors (Lipinski definition) is 0. The van der Waals surface area contributed by atoms with Crippen molar-refractivity contribution in [1.29, 1.82) is 0 Å². The predicted octanol–water partition coefficient (Wildman–Crippen LogP) is 4.11. The second-order valence-electron chi connectivity index (χ2n) is 8.07. The molecule has 0 saturated carbocycles. The topological polar surface area (TPSA) is 111 Å². The normalized spacial score (nSPS) is 15.1. The van der Waals surface area contributed by atoms with Crippen LogP contribution in [0.3, 0.4) is 0 Å². The second kappa shape index (κ2) is 9.36. The number of sulfone groups is 1. The maximum atomic E-state index is 14.8. The van der Waals surface area contributed by atoms with Crippen molar-refractivity contribution in [2.45, 2.75) is 28.0 Å². The number of amides is 1. The lowest BCUT2D eigenvalue weighted by molar-refractivity contribution is 0.0694. The van der Waals surface area contributed by atoms with Gasteiger partial charge in [-0.1, -0.05) is 0 Å². The number of piperidine rings is 1. The third-order valence-corrected chi connectivity index (χ3v) is 8.59. The number of carbonyl (C=O) groups is 1. The van der Waals surface area contributed by atoms with Crippen LogP contribution in [0.1, 0.15) is 23.4 Å². The lowest BCUT2D eigenvalue weighted by Crippen LogP contribution is -2.39. The van der Waals surface area contributed by atoms with E-state index in [1.54, 1.807) is 35.0 Å². The molecule has 35 heavy (non-hydrogen) atoms. The smallest absolute Gasteiger partial charge is 0.289 e. The molecule has 0 aliphatic carbocycles. The molecular weight excluding hydrogens is 561 g/mol. The van der Waals surface area contributed by atoms with Crippen molar-refractivity contribution in [1.82, 2.24) is 24.6 Å². The summed E-state index contributed by atoms with van der Waals surface area (Å²) in [6, 6.07) is 7.04. The molecule has 0 spiro atoms. The van der Waals surface area contributed by atoms with E-state index in [4.69, 9.17) is 4.42 Å². The van der Waals surface area contributed by atoms with E-state index in [0.29, 0.717) is 39.6 Å². The molecule has 4 heterocycles. The van der Waals surface area contributed by atoms with Crippen LogP contribution in [-0.4, -0.2) is 63.6 Å². The minimum Gasteiger partial charge on any atom is -0.444 e. The average molecular weight is 580 g/mol. The molecule has 0 N–H and O–H groups in total. The fourth-order valence-corrected chi connectivity index (χ4v) is 5.98. The molecule has 1 amide bonds. The Hall–Kier alpha value is -2.77. The Morgan fingerprint density at radius 2 is 1.97 bits per heavy atom. The van der Waals surface area contributed by atoms with Gasteiger partial charge in [0.15, 0.2) is 25.9 Å². The standard InChI is InChI=1S/C22H19BrFN5O4S2/c1-35(31,32)14-2-3-17(16(24)10-14)29-20-15(11-27-29)21(26-12-25-20)34-13-6-8-28(9-7-13)22(30)18-4-5-19(23)33-18/h2-5,10-13H,6-9H2,1H3. The monoisotopic (exact) mass is 579 g/mol. The van der Waals surface area contributed by atoms with Crippen LogP contribution in [0, 0.1) is 5.82 Å². The number of fused-ring (bicyclic) bond motifs is 1. The SMILES string of the molecule is CS(=O)(=O)c1ccc(-n2ncc3c(SC4CCN(C(=O)c5ccc(Br)o5)CC4)ncnc32)c(F)c1. The van der Waals surface area contributed by atoms with E-state index in [1.165, 1.54) is 23.1 Å². The molecule has 9 nitrogen and oxygen atoms in total. The van der Waals surface area contributed by atoms with Gasteiger partial charge in [-0.25, -0.2) is 27.5 Å². The largest absolute Gasteiger partial charge is 0.444 e. The van der Waals surface area contributed by atoms with E-state index < -0.39 is 15.7 Å². The summed E-state index contributed by atoms with van der Waals surface area (Å²) in [6.45, 7) is 1.19. The van der Waals surface area contributed by atoms with Crippen molar-refractivity contribution in [3.8, 4) is 5.69 Å². The minimum absolute atomic E-state index is 0.0958. The average Bonchev–Trinajstić information content (AvgIpc) is 3.45. The Morgan fingerprint density at radius 3 is 2.63 bits per heavy atom. The fraction of sp³-hybridized carbons (Fsp3) is 0.273. The molecule has 182 valence electrons. The number of aromatic nitrogens is 4. The van der Waals surface area contributed by atoms with Crippen LogP contribution in [0.5, 0.6) is 0 Å². The minimum atomic E-state index is -3.53. The third-order valence-electron chi connectivity index (χ3n) is 5.70. The fourth-order valence-electron chi connectivity index (χ4n) is 3.90. The van der Waals surface area contributed by atoms with Gasteiger partial charge in [0, 0.05) is 24.6 Å². The Kier molecular flexibility index (Phi) is 6.40. The van der Waals surface area contributed by atoms with Crippen LogP contribution >= 0.6 is 27.7 Å². The van der Waals surface area contributed by atoms with E-state index >= 15 is 0 Å². The Morgan fingerprint density at radius 1 is 1.20 bits per heavy atom. The first kappa shape index (κ1) is 23.9. The number of carbonyl (C=O) groups excluding carboxylic acids is 1. The first-order valence-electron chi connectivity index (χ1n) is 10.6. The van der Waals surface area contributed by atoms with Crippen LogP contribution in [0.4, 0.5) is 4.39 Å².